The standard InChI is InChI=1S/C19H17N3O4/c23-18(20-10-16-9-14-3-1-2-4-17(14)26-16)11-24-15-7-5-13(6-8-15)19-22-21-12-25-19/h1-8,12,16H,9-11H2,(H,20,23). The van der Waals surface area contributed by atoms with Crippen molar-refractivity contribution in [2.75, 3.05) is 13.2 Å². The smallest absolute Gasteiger partial charge is 0.258 e. The maximum atomic E-state index is 12.0. The fourth-order valence-corrected chi connectivity index (χ4v) is 2.79. The first-order chi connectivity index (χ1) is 12.8. The maximum Gasteiger partial charge on any atom is 0.258 e. The van der Waals surface area contributed by atoms with Gasteiger partial charge in [0.1, 0.15) is 17.6 Å². The molecular formula is C19H17N3O4. The molecule has 0 saturated carbocycles. The Morgan fingerprint density at radius 1 is 1.19 bits per heavy atom. The summed E-state index contributed by atoms with van der Waals surface area (Å²) in [5, 5.41) is 10.3. The Labute approximate surface area is 150 Å². The Morgan fingerprint density at radius 2 is 2.04 bits per heavy atom. The Bertz CT molecular complexity index is 853. The molecule has 1 aliphatic heterocycles. The van der Waals surface area contributed by atoms with Crippen molar-refractivity contribution in [3.05, 3.63) is 60.5 Å². The highest BCUT2D eigenvalue weighted by Crippen LogP contribution is 2.27. The lowest BCUT2D eigenvalue weighted by molar-refractivity contribution is -0.123. The lowest BCUT2D eigenvalue weighted by atomic mass is 10.1. The zero-order valence-electron chi connectivity index (χ0n) is 13.9. The summed E-state index contributed by atoms with van der Waals surface area (Å²) in [5.74, 6) is 1.73. The van der Waals surface area contributed by atoms with E-state index in [-0.39, 0.29) is 18.6 Å². The van der Waals surface area contributed by atoms with E-state index in [1.807, 2.05) is 24.3 Å². The van der Waals surface area contributed by atoms with Crippen molar-refractivity contribution < 1.29 is 18.7 Å². The second-order valence-electron chi connectivity index (χ2n) is 5.91. The molecule has 3 aromatic rings. The highest BCUT2D eigenvalue weighted by Gasteiger charge is 2.22. The second kappa shape index (κ2) is 7.26. The molecule has 0 spiro atoms. The zero-order chi connectivity index (χ0) is 17.8. The summed E-state index contributed by atoms with van der Waals surface area (Å²) < 4.78 is 16.4. The van der Waals surface area contributed by atoms with Crippen molar-refractivity contribution >= 4 is 5.91 Å². The van der Waals surface area contributed by atoms with E-state index in [4.69, 9.17) is 13.9 Å². The van der Waals surface area contributed by atoms with E-state index in [1.54, 1.807) is 24.3 Å². The van der Waals surface area contributed by atoms with Gasteiger partial charge in [-0.15, -0.1) is 10.2 Å². The van der Waals surface area contributed by atoms with Crippen molar-refractivity contribution in [1.82, 2.24) is 15.5 Å². The summed E-state index contributed by atoms with van der Waals surface area (Å²) >= 11 is 0. The summed E-state index contributed by atoms with van der Waals surface area (Å²) in [4.78, 5) is 12.0. The molecule has 0 radical (unpaired) electrons. The van der Waals surface area contributed by atoms with Crippen LogP contribution in [-0.4, -0.2) is 35.4 Å². The average molecular weight is 351 g/mol. The molecule has 1 atom stereocenters. The van der Waals surface area contributed by atoms with Gasteiger partial charge in [-0.2, -0.15) is 0 Å². The van der Waals surface area contributed by atoms with Crippen LogP contribution in [0.2, 0.25) is 0 Å². The van der Waals surface area contributed by atoms with Gasteiger partial charge in [0, 0.05) is 12.0 Å². The zero-order valence-corrected chi connectivity index (χ0v) is 13.9. The highest BCUT2D eigenvalue weighted by molar-refractivity contribution is 5.77. The summed E-state index contributed by atoms with van der Waals surface area (Å²) in [6.45, 7) is 0.395. The van der Waals surface area contributed by atoms with Crippen molar-refractivity contribution in [3.8, 4) is 23.0 Å². The number of benzene rings is 2. The van der Waals surface area contributed by atoms with E-state index >= 15 is 0 Å². The van der Waals surface area contributed by atoms with Crippen LogP contribution >= 0.6 is 0 Å². The third-order valence-electron chi connectivity index (χ3n) is 4.07. The Balaban J connectivity index is 1.22. The third-order valence-corrected chi connectivity index (χ3v) is 4.07. The highest BCUT2D eigenvalue weighted by atomic mass is 16.5. The number of para-hydroxylation sites is 1. The molecule has 2 heterocycles. The molecule has 1 N–H and O–H groups in total. The molecule has 0 saturated heterocycles. The average Bonchev–Trinajstić information content (AvgIpc) is 3.34. The van der Waals surface area contributed by atoms with Gasteiger partial charge >= 0.3 is 0 Å². The fourth-order valence-electron chi connectivity index (χ4n) is 2.79. The van der Waals surface area contributed by atoms with E-state index in [9.17, 15) is 4.79 Å². The molecule has 26 heavy (non-hydrogen) atoms. The van der Waals surface area contributed by atoms with Crippen LogP contribution in [0.4, 0.5) is 0 Å². The first-order valence-corrected chi connectivity index (χ1v) is 8.28. The minimum Gasteiger partial charge on any atom is -0.488 e. The number of nitrogens with zero attached hydrogens (tertiary/aromatic N) is 2. The summed E-state index contributed by atoms with van der Waals surface area (Å²) in [7, 11) is 0. The summed E-state index contributed by atoms with van der Waals surface area (Å²) in [6.07, 6.45) is 2.04. The molecule has 0 fully saturated rings. The predicted octanol–water partition coefficient (Wildman–Crippen LogP) is 2.24. The monoisotopic (exact) mass is 351 g/mol. The fraction of sp³-hybridized carbons (Fsp3) is 0.211. The number of amides is 1. The summed E-state index contributed by atoms with van der Waals surface area (Å²) in [6, 6.07) is 15.0. The van der Waals surface area contributed by atoms with Crippen LogP contribution in [0.5, 0.6) is 11.5 Å². The minimum absolute atomic E-state index is 0.0370. The van der Waals surface area contributed by atoms with Gasteiger partial charge in [0.05, 0.1) is 6.54 Å². The molecule has 132 valence electrons. The number of fused-ring (bicyclic) bond motifs is 1. The van der Waals surface area contributed by atoms with Crippen LogP contribution in [-0.2, 0) is 11.2 Å². The van der Waals surface area contributed by atoms with E-state index < -0.39 is 0 Å². The number of hydrogen-bond donors (Lipinski definition) is 1. The first kappa shape index (κ1) is 16.1. The van der Waals surface area contributed by atoms with Crippen molar-refractivity contribution in [2.24, 2.45) is 0 Å². The van der Waals surface area contributed by atoms with Gasteiger partial charge in [-0.05, 0) is 35.9 Å². The molecule has 1 aliphatic rings. The van der Waals surface area contributed by atoms with Crippen LogP contribution in [0.15, 0.2) is 59.3 Å². The number of carbonyl (C=O) groups is 1. The lowest BCUT2D eigenvalue weighted by Gasteiger charge is -2.12. The van der Waals surface area contributed by atoms with Gasteiger partial charge in [-0.3, -0.25) is 4.79 Å². The van der Waals surface area contributed by atoms with Crippen molar-refractivity contribution in [1.29, 1.82) is 0 Å². The van der Waals surface area contributed by atoms with Crippen LogP contribution < -0.4 is 14.8 Å². The molecule has 7 nitrogen and oxygen atoms in total. The Hall–Kier alpha value is -3.35. The van der Waals surface area contributed by atoms with Gasteiger partial charge in [-0.25, -0.2) is 0 Å². The largest absolute Gasteiger partial charge is 0.488 e. The molecule has 4 rings (SSSR count). The maximum absolute atomic E-state index is 12.0. The van der Waals surface area contributed by atoms with E-state index in [0.717, 1.165) is 17.7 Å². The minimum atomic E-state index is -0.189. The Kier molecular flexibility index (Phi) is 4.51. The van der Waals surface area contributed by atoms with Crippen LogP contribution in [0, 0.1) is 0 Å². The van der Waals surface area contributed by atoms with Crippen molar-refractivity contribution in [3.63, 3.8) is 0 Å². The molecule has 1 aromatic heterocycles. The van der Waals surface area contributed by atoms with Crippen molar-refractivity contribution in [2.45, 2.75) is 12.5 Å². The normalized spacial score (nSPS) is 15.2. The number of rotatable bonds is 6. The lowest BCUT2D eigenvalue weighted by Crippen LogP contribution is -2.37. The molecule has 1 amide bonds. The predicted molar refractivity (Wildman–Crippen MR) is 92.8 cm³/mol. The van der Waals surface area contributed by atoms with Gasteiger partial charge in [0.15, 0.2) is 6.61 Å². The summed E-state index contributed by atoms with van der Waals surface area (Å²) in [5.41, 5.74) is 1.96. The van der Waals surface area contributed by atoms with Gasteiger partial charge in [0.25, 0.3) is 5.91 Å². The van der Waals surface area contributed by atoms with Gasteiger partial charge in [-0.1, -0.05) is 18.2 Å². The Morgan fingerprint density at radius 3 is 2.81 bits per heavy atom. The van der Waals surface area contributed by atoms with Crippen LogP contribution in [0.25, 0.3) is 11.5 Å². The topological polar surface area (TPSA) is 86.5 Å². The number of carbonyl (C=O) groups excluding carboxylic acids is 1. The number of nitrogens with one attached hydrogen (secondary N) is 1. The molecule has 1 unspecified atom stereocenters. The molecule has 0 bridgehead atoms. The molecule has 0 aliphatic carbocycles. The van der Waals surface area contributed by atoms with Crippen LogP contribution in [0.1, 0.15) is 5.56 Å². The van der Waals surface area contributed by atoms with Gasteiger partial charge < -0.3 is 19.2 Å². The molecular weight excluding hydrogens is 334 g/mol. The molecule has 7 heteroatoms. The third kappa shape index (κ3) is 3.66. The second-order valence-corrected chi connectivity index (χ2v) is 5.91. The van der Waals surface area contributed by atoms with Crippen LogP contribution in [0.3, 0.4) is 0 Å². The number of aromatic nitrogens is 2. The van der Waals surface area contributed by atoms with E-state index in [2.05, 4.69) is 15.5 Å². The SMILES string of the molecule is O=C(COc1ccc(-c2nnco2)cc1)NCC1Cc2ccccc2O1. The quantitative estimate of drug-likeness (QED) is 0.733. The van der Waals surface area contributed by atoms with E-state index in [0.29, 0.717) is 18.2 Å². The van der Waals surface area contributed by atoms with Gasteiger partial charge in [0.2, 0.25) is 12.3 Å². The number of ether oxygens (including phenoxy) is 2. The number of hydrogen-bond acceptors (Lipinski definition) is 6. The van der Waals surface area contributed by atoms with E-state index in [1.165, 1.54) is 12.0 Å². The first-order valence-electron chi connectivity index (χ1n) is 8.28. The molecule has 2 aromatic carbocycles.